The molecule has 1 aromatic heterocycles. The molecule has 2 N–H and O–H groups in total. The fourth-order valence-electron chi connectivity index (χ4n) is 1.68. The van der Waals surface area contributed by atoms with Gasteiger partial charge in [-0.1, -0.05) is 0 Å². The highest BCUT2D eigenvalue weighted by molar-refractivity contribution is 6.03. The van der Waals surface area contributed by atoms with E-state index in [1.54, 1.807) is 13.8 Å². The van der Waals surface area contributed by atoms with Crippen LogP contribution in [0.25, 0.3) is 0 Å². The summed E-state index contributed by atoms with van der Waals surface area (Å²) in [6.45, 7) is 3.76. The van der Waals surface area contributed by atoms with Crippen molar-refractivity contribution in [2.24, 2.45) is 0 Å². The number of hydrogen-bond donors (Lipinski definition) is 2. The lowest BCUT2D eigenvalue weighted by atomic mass is 10.1. The highest BCUT2D eigenvalue weighted by atomic mass is 16.6. The van der Waals surface area contributed by atoms with Gasteiger partial charge in [0.05, 0.1) is 11.5 Å². The molecule has 2 rings (SSSR count). The van der Waals surface area contributed by atoms with E-state index >= 15 is 0 Å². The molecule has 0 unspecified atom stereocenters. The Morgan fingerprint density at radius 3 is 2.90 bits per heavy atom. The number of nitrogens with zero attached hydrogens (tertiary/aromatic N) is 3. The van der Waals surface area contributed by atoms with E-state index in [-0.39, 0.29) is 23.2 Å². The number of carbonyl (C=O) groups is 1. The Labute approximate surface area is 119 Å². The zero-order valence-corrected chi connectivity index (χ0v) is 11.4. The molecule has 9 heteroatoms. The van der Waals surface area contributed by atoms with Gasteiger partial charge in [-0.3, -0.25) is 20.2 Å². The van der Waals surface area contributed by atoms with Crippen LogP contribution in [0, 0.1) is 17.0 Å². The molecule has 0 radical (unpaired) electrons. The van der Waals surface area contributed by atoms with E-state index in [1.165, 1.54) is 18.2 Å². The van der Waals surface area contributed by atoms with E-state index in [0.717, 1.165) is 0 Å². The van der Waals surface area contributed by atoms with Crippen LogP contribution in [0.4, 0.5) is 11.6 Å². The Morgan fingerprint density at radius 2 is 2.29 bits per heavy atom. The molecule has 0 bridgehead atoms. The summed E-state index contributed by atoms with van der Waals surface area (Å²) in [5.41, 5.74) is 0.650. The third kappa shape index (κ3) is 3.32. The van der Waals surface area contributed by atoms with E-state index < -0.39 is 10.8 Å². The van der Waals surface area contributed by atoms with E-state index in [1.807, 2.05) is 0 Å². The minimum absolute atomic E-state index is 0.0372. The molecule has 0 aliphatic heterocycles. The number of nitro groups is 1. The Morgan fingerprint density at radius 1 is 1.52 bits per heavy atom. The van der Waals surface area contributed by atoms with Crippen LogP contribution in [0.2, 0.25) is 0 Å². The van der Waals surface area contributed by atoms with Crippen molar-refractivity contribution in [3.05, 3.63) is 39.4 Å². The number of nitro benzene ring substituents is 1. The van der Waals surface area contributed by atoms with Gasteiger partial charge in [-0.05, 0) is 26.0 Å². The van der Waals surface area contributed by atoms with Crippen molar-refractivity contribution in [2.45, 2.75) is 13.8 Å². The SMILES string of the molecule is CCOc1n[nH]c(NC(=O)c2ccc([N+](=O)[O-])c(C)c2)n1. The summed E-state index contributed by atoms with van der Waals surface area (Å²) in [7, 11) is 0. The number of hydrogen-bond acceptors (Lipinski definition) is 6. The second-order valence-corrected chi connectivity index (χ2v) is 4.11. The van der Waals surface area contributed by atoms with Gasteiger partial charge in [0.2, 0.25) is 5.95 Å². The number of rotatable bonds is 5. The fourth-order valence-corrected chi connectivity index (χ4v) is 1.68. The lowest BCUT2D eigenvalue weighted by molar-refractivity contribution is -0.385. The van der Waals surface area contributed by atoms with Gasteiger partial charge < -0.3 is 4.74 Å². The summed E-state index contributed by atoms with van der Waals surface area (Å²) in [5, 5.41) is 19.5. The number of amides is 1. The number of aromatic amines is 1. The van der Waals surface area contributed by atoms with Crippen molar-refractivity contribution >= 4 is 17.5 Å². The number of ether oxygens (including phenoxy) is 1. The van der Waals surface area contributed by atoms with Crippen LogP contribution in [-0.2, 0) is 0 Å². The maximum absolute atomic E-state index is 12.0. The van der Waals surface area contributed by atoms with Gasteiger partial charge in [-0.25, -0.2) is 5.10 Å². The van der Waals surface area contributed by atoms with Crippen LogP contribution in [0.3, 0.4) is 0 Å². The van der Waals surface area contributed by atoms with E-state index in [2.05, 4.69) is 20.5 Å². The maximum atomic E-state index is 12.0. The molecule has 0 fully saturated rings. The van der Waals surface area contributed by atoms with Gasteiger partial charge in [0, 0.05) is 17.2 Å². The van der Waals surface area contributed by atoms with Crippen LogP contribution in [-0.4, -0.2) is 32.6 Å². The zero-order valence-electron chi connectivity index (χ0n) is 11.4. The smallest absolute Gasteiger partial charge is 0.337 e. The first-order valence-corrected chi connectivity index (χ1v) is 6.13. The maximum Gasteiger partial charge on any atom is 0.337 e. The average Bonchev–Trinajstić information content (AvgIpc) is 2.86. The molecule has 0 spiro atoms. The van der Waals surface area contributed by atoms with Gasteiger partial charge in [0.15, 0.2) is 0 Å². The lowest BCUT2D eigenvalue weighted by Gasteiger charge is -2.03. The van der Waals surface area contributed by atoms with Crippen LogP contribution >= 0.6 is 0 Å². The molecular weight excluding hydrogens is 278 g/mol. The molecule has 1 aromatic carbocycles. The number of aryl methyl sites for hydroxylation is 1. The molecule has 0 atom stereocenters. The summed E-state index contributed by atoms with van der Waals surface area (Å²) in [4.78, 5) is 26.1. The molecule has 0 saturated carbocycles. The van der Waals surface area contributed by atoms with Gasteiger partial charge in [-0.15, -0.1) is 5.10 Å². The highest BCUT2D eigenvalue weighted by Gasteiger charge is 2.15. The number of carbonyl (C=O) groups excluding carboxylic acids is 1. The number of H-pyrrole nitrogens is 1. The Kier molecular flexibility index (Phi) is 4.12. The van der Waals surface area contributed by atoms with E-state index in [9.17, 15) is 14.9 Å². The average molecular weight is 291 g/mol. The fraction of sp³-hybridized carbons (Fsp3) is 0.250. The minimum Gasteiger partial charge on any atom is -0.463 e. The second kappa shape index (κ2) is 5.99. The van der Waals surface area contributed by atoms with Crippen LogP contribution in [0.5, 0.6) is 6.01 Å². The van der Waals surface area contributed by atoms with Crippen molar-refractivity contribution in [2.75, 3.05) is 11.9 Å². The number of aromatic nitrogens is 3. The quantitative estimate of drug-likeness (QED) is 0.638. The van der Waals surface area contributed by atoms with Crippen molar-refractivity contribution in [1.29, 1.82) is 0 Å². The molecule has 110 valence electrons. The molecule has 1 amide bonds. The van der Waals surface area contributed by atoms with Gasteiger partial charge in [-0.2, -0.15) is 4.98 Å². The minimum atomic E-state index is -0.498. The van der Waals surface area contributed by atoms with Crippen molar-refractivity contribution in [1.82, 2.24) is 15.2 Å². The summed E-state index contributed by atoms with van der Waals surface area (Å²) >= 11 is 0. The molecule has 0 aliphatic rings. The summed E-state index contributed by atoms with van der Waals surface area (Å²) in [6.07, 6.45) is 0. The molecule has 2 aromatic rings. The molecular formula is C12H13N5O4. The monoisotopic (exact) mass is 291 g/mol. The zero-order chi connectivity index (χ0) is 15.4. The third-order valence-electron chi connectivity index (χ3n) is 2.63. The first kappa shape index (κ1) is 14.4. The largest absolute Gasteiger partial charge is 0.463 e. The summed E-state index contributed by atoms with van der Waals surface area (Å²) in [6, 6.07) is 4.23. The summed E-state index contributed by atoms with van der Waals surface area (Å²) in [5.74, 6) is -0.313. The second-order valence-electron chi connectivity index (χ2n) is 4.11. The van der Waals surface area contributed by atoms with Crippen molar-refractivity contribution < 1.29 is 14.5 Å². The van der Waals surface area contributed by atoms with E-state index in [4.69, 9.17) is 4.74 Å². The first-order valence-electron chi connectivity index (χ1n) is 6.13. The molecule has 0 aliphatic carbocycles. The lowest BCUT2D eigenvalue weighted by Crippen LogP contribution is -2.13. The van der Waals surface area contributed by atoms with Crippen LogP contribution in [0.15, 0.2) is 18.2 Å². The van der Waals surface area contributed by atoms with Gasteiger partial charge >= 0.3 is 6.01 Å². The predicted molar refractivity (Wildman–Crippen MR) is 73.3 cm³/mol. The first-order chi connectivity index (χ1) is 10.0. The Balaban J connectivity index is 2.12. The number of nitrogens with one attached hydrogen (secondary N) is 2. The Bertz CT molecular complexity index is 682. The standard InChI is InChI=1S/C12H13N5O4/c1-3-21-12-14-11(15-16-12)13-10(18)8-4-5-9(17(19)20)7(2)6-8/h4-6H,3H2,1-2H3,(H2,13,14,15,16,18). The van der Waals surface area contributed by atoms with Crippen LogP contribution in [0.1, 0.15) is 22.8 Å². The van der Waals surface area contributed by atoms with Crippen molar-refractivity contribution in [3.63, 3.8) is 0 Å². The third-order valence-corrected chi connectivity index (χ3v) is 2.63. The molecule has 0 saturated heterocycles. The van der Waals surface area contributed by atoms with Gasteiger partial charge in [0.1, 0.15) is 0 Å². The molecule has 1 heterocycles. The topological polar surface area (TPSA) is 123 Å². The number of benzene rings is 1. The molecule has 9 nitrogen and oxygen atoms in total. The normalized spacial score (nSPS) is 10.2. The van der Waals surface area contributed by atoms with Crippen LogP contribution < -0.4 is 10.1 Å². The molecule has 21 heavy (non-hydrogen) atoms. The van der Waals surface area contributed by atoms with Gasteiger partial charge in [0.25, 0.3) is 11.6 Å². The Hall–Kier alpha value is -2.97. The summed E-state index contributed by atoms with van der Waals surface area (Å²) < 4.78 is 5.06. The highest BCUT2D eigenvalue weighted by Crippen LogP contribution is 2.19. The number of anilines is 1. The predicted octanol–water partition coefficient (Wildman–Crippen LogP) is 1.67. The van der Waals surface area contributed by atoms with Crippen molar-refractivity contribution in [3.8, 4) is 6.01 Å². The van der Waals surface area contributed by atoms with E-state index in [0.29, 0.717) is 12.2 Å².